The van der Waals surface area contributed by atoms with Crippen LogP contribution in [0.15, 0.2) is 60.7 Å². The van der Waals surface area contributed by atoms with Crippen molar-refractivity contribution in [1.82, 2.24) is 4.90 Å². The van der Waals surface area contributed by atoms with Crippen LogP contribution >= 0.6 is 0 Å². The summed E-state index contributed by atoms with van der Waals surface area (Å²) in [4.78, 5) is 25.7. The molecule has 1 aliphatic heterocycles. The van der Waals surface area contributed by atoms with E-state index in [9.17, 15) is 9.59 Å². The monoisotopic (exact) mass is 511 g/mol. The zero-order chi connectivity index (χ0) is 26.4. The van der Waals surface area contributed by atoms with Crippen molar-refractivity contribution in [3.05, 3.63) is 60.7 Å². The molecule has 1 saturated heterocycles. The van der Waals surface area contributed by atoms with Gasteiger partial charge in [0.25, 0.3) is 8.32 Å². The second kappa shape index (κ2) is 11.7. The Morgan fingerprint density at radius 2 is 1.53 bits per heavy atom. The van der Waals surface area contributed by atoms with Gasteiger partial charge in [0.05, 0.1) is 31.9 Å². The predicted octanol–water partition coefficient (Wildman–Crippen LogP) is 4.55. The number of ether oxygens (including phenoxy) is 2. The Morgan fingerprint density at radius 1 is 0.972 bits per heavy atom. The van der Waals surface area contributed by atoms with Gasteiger partial charge in [-0.15, -0.1) is 0 Å². The Labute approximate surface area is 217 Å². The Bertz CT molecular complexity index is 945. The van der Waals surface area contributed by atoms with Crippen LogP contribution in [-0.4, -0.2) is 63.1 Å². The largest absolute Gasteiger partial charge is 0.444 e. The van der Waals surface area contributed by atoms with Crippen molar-refractivity contribution in [3.63, 3.8) is 0 Å². The molecule has 3 rings (SSSR count). The Morgan fingerprint density at radius 3 is 2.00 bits per heavy atom. The van der Waals surface area contributed by atoms with Gasteiger partial charge in [-0.2, -0.15) is 0 Å². The summed E-state index contributed by atoms with van der Waals surface area (Å²) in [5.74, 6) is 0. The lowest BCUT2D eigenvalue weighted by Crippen LogP contribution is -2.67. The van der Waals surface area contributed by atoms with Gasteiger partial charge in [-0.3, -0.25) is 0 Å². The van der Waals surface area contributed by atoms with E-state index in [1.807, 2.05) is 32.9 Å². The molecule has 2 aromatic carbocycles. The van der Waals surface area contributed by atoms with Gasteiger partial charge >= 0.3 is 6.09 Å². The molecule has 0 radical (unpaired) electrons. The third kappa shape index (κ3) is 6.63. The molecule has 2 atom stereocenters. The summed E-state index contributed by atoms with van der Waals surface area (Å²) in [7, 11) is -2.75. The van der Waals surface area contributed by atoms with Crippen LogP contribution < -0.4 is 10.4 Å². The maximum atomic E-state index is 13.2. The quantitative estimate of drug-likeness (QED) is 0.281. The van der Waals surface area contributed by atoms with E-state index in [1.165, 1.54) is 10.4 Å². The molecule has 2 aromatic rings. The summed E-state index contributed by atoms with van der Waals surface area (Å²) < 4.78 is 18.8. The first-order valence-electron chi connectivity index (χ1n) is 12.8. The lowest BCUT2D eigenvalue weighted by molar-refractivity contribution is -0.109. The standard InChI is InChI=1S/C29H41NO5Si/c1-28(2,3)35-27(32)30-21-24(33-19-13-18-31)20-23(30)22-34-36(29(4,5)6,25-14-9-7-10-15-25)26-16-11-8-12-17-26/h7-12,14-18,23-24H,13,19-22H2,1-6H3/t23-,24-/m0/s1. The number of carbonyl (C=O) groups excluding carboxylic acids is 2. The van der Waals surface area contributed by atoms with E-state index >= 15 is 0 Å². The molecule has 0 spiro atoms. The van der Waals surface area contributed by atoms with E-state index in [4.69, 9.17) is 13.9 Å². The van der Waals surface area contributed by atoms with Crippen LogP contribution in [0.1, 0.15) is 54.4 Å². The molecular formula is C29H41NO5Si. The van der Waals surface area contributed by atoms with Crippen LogP contribution in [0.4, 0.5) is 4.79 Å². The van der Waals surface area contributed by atoms with Crippen molar-refractivity contribution in [2.75, 3.05) is 19.8 Å². The summed E-state index contributed by atoms with van der Waals surface area (Å²) in [6.07, 6.45) is 1.30. The molecular weight excluding hydrogens is 470 g/mol. The first kappa shape index (κ1) is 28.1. The maximum absolute atomic E-state index is 13.2. The molecule has 1 heterocycles. The van der Waals surface area contributed by atoms with Crippen LogP contribution in [-0.2, 0) is 18.7 Å². The molecule has 7 heteroatoms. The molecule has 1 fully saturated rings. The molecule has 0 aliphatic carbocycles. The lowest BCUT2D eigenvalue weighted by Gasteiger charge is -2.44. The number of nitrogens with zero attached hydrogens (tertiary/aromatic N) is 1. The topological polar surface area (TPSA) is 65.1 Å². The molecule has 1 aliphatic rings. The zero-order valence-electron chi connectivity index (χ0n) is 22.5. The average Bonchev–Trinajstić information content (AvgIpc) is 3.22. The number of benzene rings is 2. The van der Waals surface area contributed by atoms with Crippen molar-refractivity contribution in [3.8, 4) is 0 Å². The van der Waals surface area contributed by atoms with Gasteiger partial charge in [-0.05, 0) is 42.6 Å². The molecule has 1 amide bonds. The Kier molecular flexibility index (Phi) is 9.14. The first-order valence-corrected chi connectivity index (χ1v) is 14.7. The molecule has 0 aromatic heterocycles. The zero-order valence-corrected chi connectivity index (χ0v) is 23.5. The van der Waals surface area contributed by atoms with Crippen LogP contribution in [0, 0.1) is 0 Å². The third-order valence-corrected chi connectivity index (χ3v) is 11.5. The van der Waals surface area contributed by atoms with Gasteiger partial charge in [-0.25, -0.2) is 4.79 Å². The summed E-state index contributed by atoms with van der Waals surface area (Å²) in [5, 5.41) is 2.24. The van der Waals surface area contributed by atoms with Crippen molar-refractivity contribution >= 4 is 31.1 Å². The predicted molar refractivity (Wildman–Crippen MR) is 145 cm³/mol. The number of aldehydes is 1. The van der Waals surface area contributed by atoms with Crippen LogP contribution in [0.3, 0.4) is 0 Å². The highest BCUT2D eigenvalue weighted by molar-refractivity contribution is 6.99. The smallest absolute Gasteiger partial charge is 0.410 e. The second-order valence-electron chi connectivity index (χ2n) is 11.4. The van der Waals surface area contributed by atoms with Crippen molar-refractivity contribution in [2.24, 2.45) is 0 Å². The summed E-state index contributed by atoms with van der Waals surface area (Å²) in [6.45, 7) is 13.5. The number of amides is 1. The van der Waals surface area contributed by atoms with E-state index < -0.39 is 13.9 Å². The van der Waals surface area contributed by atoms with Gasteiger partial charge in [0.1, 0.15) is 11.9 Å². The minimum Gasteiger partial charge on any atom is -0.444 e. The SMILES string of the molecule is CC(C)(C)OC(=O)N1C[C@@H](OCCC=O)C[C@H]1CO[Si](c1ccccc1)(c1ccccc1)C(C)(C)C. The third-order valence-electron chi connectivity index (χ3n) is 6.50. The fourth-order valence-electron chi connectivity index (χ4n) is 4.96. The van der Waals surface area contributed by atoms with E-state index in [0.29, 0.717) is 32.6 Å². The fourth-order valence-corrected chi connectivity index (χ4v) is 9.56. The van der Waals surface area contributed by atoms with Crippen molar-refractivity contribution < 1.29 is 23.5 Å². The average molecular weight is 512 g/mol. The van der Waals surface area contributed by atoms with E-state index in [0.717, 1.165) is 6.29 Å². The molecule has 0 bridgehead atoms. The highest BCUT2D eigenvalue weighted by Crippen LogP contribution is 2.37. The van der Waals surface area contributed by atoms with Crippen LogP contribution in [0.25, 0.3) is 0 Å². The number of carbonyl (C=O) groups is 2. The van der Waals surface area contributed by atoms with Gasteiger partial charge in [0.2, 0.25) is 0 Å². The van der Waals surface area contributed by atoms with Crippen molar-refractivity contribution in [2.45, 2.75) is 77.2 Å². The van der Waals surface area contributed by atoms with Gasteiger partial charge < -0.3 is 23.6 Å². The highest BCUT2D eigenvalue weighted by Gasteiger charge is 2.51. The Balaban J connectivity index is 1.94. The van der Waals surface area contributed by atoms with Crippen molar-refractivity contribution in [1.29, 1.82) is 0 Å². The normalized spacial score (nSPS) is 18.8. The number of rotatable bonds is 9. The highest BCUT2D eigenvalue weighted by atomic mass is 28.4. The summed E-state index contributed by atoms with van der Waals surface area (Å²) in [6, 6.07) is 20.8. The Hall–Kier alpha value is -2.48. The molecule has 36 heavy (non-hydrogen) atoms. The van der Waals surface area contributed by atoms with E-state index in [-0.39, 0.29) is 23.3 Å². The van der Waals surface area contributed by atoms with Gasteiger partial charge in [0.15, 0.2) is 0 Å². The number of likely N-dealkylation sites (tertiary alicyclic amines) is 1. The molecule has 6 nitrogen and oxygen atoms in total. The molecule has 0 N–H and O–H groups in total. The van der Waals surface area contributed by atoms with Gasteiger partial charge in [-0.1, -0.05) is 81.4 Å². The lowest BCUT2D eigenvalue weighted by atomic mass is 10.2. The first-order chi connectivity index (χ1) is 17.0. The van der Waals surface area contributed by atoms with Crippen LogP contribution in [0.2, 0.25) is 5.04 Å². The number of hydrogen-bond acceptors (Lipinski definition) is 5. The molecule has 0 unspecified atom stereocenters. The minimum atomic E-state index is -2.75. The number of hydrogen-bond donors (Lipinski definition) is 0. The van der Waals surface area contributed by atoms with E-state index in [1.54, 1.807) is 4.90 Å². The van der Waals surface area contributed by atoms with Gasteiger partial charge in [0, 0.05) is 6.42 Å². The minimum absolute atomic E-state index is 0.162. The molecule has 0 saturated carbocycles. The molecule has 196 valence electrons. The second-order valence-corrected chi connectivity index (χ2v) is 15.8. The van der Waals surface area contributed by atoms with Crippen LogP contribution in [0.5, 0.6) is 0 Å². The summed E-state index contributed by atoms with van der Waals surface area (Å²) in [5.41, 5.74) is -0.600. The maximum Gasteiger partial charge on any atom is 0.410 e. The van der Waals surface area contributed by atoms with E-state index in [2.05, 4.69) is 69.3 Å². The summed E-state index contributed by atoms with van der Waals surface area (Å²) >= 11 is 0. The fraction of sp³-hybridized carbons (Fsp3) is 0.517.